The highest BCUT2D eigenvalue weighted by Crippen LogP contribution is 2.62. The van der Waals surface area contributed by atoms with Crippen molar-refractivity contribution < 1.29 is 9.90 Å². The Morgan fingerprint density at radius 3 is 2.68 bits per heavy atom. The molecule has 0 spiro atoms. The third-order valence-electron chi connectivity index (χ3n) is 7.15. The highest BCUT2D eigenvalue weighted by Gasteiger charge is 2.57. The van der Waals surface area contributed by atoms with Crippen LogP contribution in [-0.4, -0.2) is 38.5 Å². The molecule has 1 aromatic carbocycles. The second-order valence-electron chi connectivity index (χ2n) is 9.64. The van der Waals surface area contributed by atoms with E-state index in [4.69, 9.17) is 0 Å². The van der Waals surface area contributed by atoms with E-state index in [2.05, 4.69) is 9.97 Å². The molecule has 2 atom stereocenters. The van der Waals surface area contributed by atoms with Crippen molar-refractivity contribution in [2.45, 2.75) is 57.1 Å². The third-order valence-corrected chi connectivity index (χ3v) is 7.15. The first-order chi connectivity index (χ1) is 13.3. The normalized spacial score (nSPS) is 33.4. The van der Waals surface area contributed by atoms with Gasteiger partial charge in [-0.15, -0.1) is 0 Å². The number of para-hydroxylation sites is 1. The fraction of sp³-hybridized carbons (Fsp3) is 0.591. The molecule has 1 heterocycles. The van der Waals surface area contributed by atoms with E-state index in [9.17, 15) is 14.7 Å². The highest BCUT2D eigenvalue weighted by molar-refractivity contribution is 5.78. The number of fused-ring (bicyclic) bond motifs is 1. The zero-order valence-corrected chi connectivity index (χ0v) is 16.3. The van der Waals surface area contributed by atoms with Gasteiger partial charge < -0.3 is 15.0 Å². The van der Waals surface area contributed by atoms with Crippen LogP contribution in [0.4, 0.5) is 0 Å². The summed E-state index contributed by atoms with van der Waals surface area (Å²) in [6.07, 6.45) is 6.42. The first-order valence-corrected chi connectivity index (χ1v) is 10.3. The molecule has 2 unspecified atom stereocenters. The van der Waals surface area contributed by atoms with E-state index in [0.29, 0.717) is 35.0 Å². The van der Waals surface area contributed by atoms with Crippen molar-refractivity contribution >= 4 is 16.8 Å². The Balaban J connectivity index is 1.32. The number of benzene rings is 1. The molecule has 6 nitrogen and oxygen atoms in total. The number of carbonyl (C=O) groups is 1. The van der Waals surface area contributed by atoms with Crippen LogP contribution in [0, 0.1) is 17.3 Å². The predicted octanol–water partition coefficient (Wildman–Crippen LogP) is 2.60. The lowest BCUT2D eigenvalue weighted by Crippen LogP contribution is -2.56. The van der Waals surface area contributed by atoms with Crippen molar-refractivity contribution in [2.75, 3.05) is 7.05 Å². The summed E-state index contributed by atoms with van der Waals surface area (Å²) in [5.41, 5.74) is -0.127. The molecule has 4 aliphatic carbocycles. The summed E-state index contributed by atoms with van der Waals surface area (Å²) in [7, 11) is 1.77. The molecule has 0 aliphatic heterocycles. The summed E-state index contributed by atoms with van der Waals surface area (Å²) in [6, 6.07) is 7.22. The monoisotopic (exact) mass is 381 g/mol. The maximum absolute atomic E-state index is 13.0. The molecule has 2 N–H and O–H groups in total. The standard InChI is InChI=1S/C22H27N3O3/c1-25(12-18-23-17-5-3-2-4-16(17)20(27)24-18)19(26)11-21-7-14-6-15(8-21)10-22(28,9-14)13-21/h2-5,14-15,28H,6-13H2,1H3,(H,23,24,27). The zero-order valence-electron chi connectivity index (χ0n) is 16.3. The minimum atomic E-state index is -0.548. The number of aromatic amines is 1. The average molecular weight is 381 g/mol. The van der Waals surface area contributed by atoms with E-state index in [1.54, 1.807) is 18.0 Å². The van der Waals surface area contributed by atoms with Crippen LogP contribution in [0.5, 0.6) is 0 Å². The number of hydrogen-bond donors (Lipinski definition) is 2. The van der Waals surface area contributed by atoms with Crippen molar-refractivity contribution in [1.29, 1.82) is 0 Å². The topological polar surface area (TPSA) is 86.3 Å². The summed E-state index contributed by atoms with van der Waals surface area (Å²) < 4.78 is 0. The number of nitrogens with one attached hydrogen (secondary N) is 1. The number of hydrogen-bond acceptors (Lipinski definition) is 4. The molecule has 4 fully saturated rings. The van der Waals surface area contributed by atoms with Crippen molar-refractivity contribution in [2.24, 2.45) is 17.3 Å². The van der Waals surface area contributed by atoms with Gasteiger partial charge in [0.15, 0.2) is 0 Å². The molecule has 4 saturated carbocycles. The minimum absolute atomic E-state index is 0.0472. The van der Waals surface area contributed by atoms with Gasteiger partial charge in [0, 0.05) is 13.5 Å². The molecule has 28 heavy (non-hydrogen) atoms. The Hall–Kier alpha value is -2.21. The Labute approximate surface area is 164 Å². The number of carbonyl (C=O) groups excluding carboxylic acids is 1. The average Bonchev–Trinajstić information content (AvgIpc) is 2.59. The minimum Gasteiger partial charge on any atom is -0.390 e. The van der Waals surface area contributed by atoms with Crippen LogP contribution in [0.1, 0.15) is 50.8 Å². The number of aromatic nitrogens is 2. The van der Waals surface area contributed by atoms with E-state index in [0.717, 1.165) is 32.1 Å². The Morgan fingerprint density at radius 2 is 1.96 bits per heavy atom. The van der Waals surface area contributed by atoms with Gasteiger partial charge in [0.05, 0.1) is 23.0 Å². The largest absolute Gasteiger partial charge is 0.390 e. The van der Waals surface area contributed by atoms with E-state index in [1.807, 2.05) is 18.2 Å². The van der Waals surface area contributed by atoms with E-state index < -0.39 is 5.60 Å². The first kappa shape index (κ1) is 17.9. The smallest absolute Gasteiger partial charge is 0.258 e. The number of aliphatic hydroxyl groups is 1. The van der Waals surface area contributed by atoms with Gasteiger partial charge >= 0.3 is 0 Å². The van der Waals surface area contributed by atoms with Gasteiger partial charge in [0.25, 0.3) is 5.56 Å². The summed E-state index contributed by atoms with van der Waals surface area (Å²) in [5.74, 6) is 1.72. The molecule has 2 aromatic rings. The Bertz CT molecular complexity index is 984. The van der Waals surface area contributed by atoms with Crippen LogP contribution >= 0.6 is 0 Å². The third kappa shape index (κ3) is 3.04. The second-order valence-corrected chi connectivity index (χ2v) is 9.64. The van der Waals surface area contributed by atoms with Crippen LogP contribution < -0.4 is 5.56 Å². The summed E-state index contributed by atoms with van der Waals surface area (Å²) in [4.78, 5) is 34.2. The molecule has 0 saturated heterocycles. The Morgan fingerprint density at radius 1 is 1.25 bits per heavy atom. The van der Waals surface area contributed by atoms with Crippen LogP contribution in [0.25, 0.3) is 10.9 Å². The molecule has 1 aromatic heterocycles. The van der Waals surface area contributed by atoms with Gasteiger partial charge in [-0.25, -0.2) is 4.98 Å². The molecule has 4 bridgehead atoms. The number of nitrogens with zero attached hydrogens (tertiary/aromatic N) is 2. The molecule has 6 rings (SSSR count). The van der Waals surface area contributed by atoms with Gasteiger partial charge in [-0.05, 0) is 67.9 Å². The van der Waals surface area contributed by atoms with Crippen molar-refractivity contribution in [3.05, 3.63) is 40.4 Å². The fourth-order valence-electron chi connectivity index (χ4n) is 6.59. The van der Waals surface area contributed by atoms with Crippen LogP contribution in [0.2, 0.25) is 0 Å². The van der Waals surface area contributed by atoms with E-state index in [1.165, 1.54) is 6.42 Å². The lowest BCUT2D eigenvalue weighted by atomic mass is 9.47. The van der Waals surface area contributed by atoms with Crippen molar-refractivity contribution in [3.63, 3.8) is 0 Å². The van der Waals surface area contributed by atoms with E-state index >= 15 is 0 Å². The summed E-state index contributed by atoms with van der Waals surface area (Å²) in [5, 5.41) is 11.5. The second kappa shape index (κ2) is 6.14. The van der Waals surface area contributed by atoms with Gasteiger partial charge in [0.1, 0.15) is 5.82 Å². The molecule has 6 heteroatoms. The maximum atomic E-state index is 13.0. The quantitative estimate of drug-likeness (QED) is 0.852. The fourth-order valence-corrected chi connectivity index (χ4v) is 6.59. The Kier molecular flexibility index (Phi) is 3.92. The zero-order chi connectivity index (χ0) is 19.5. The molecule has 1 amide bonds. The molecular weight excluding hydrogens is 354 g/mol. The van der Waals surface area contributed by atoms with Crippen molar-refractivity contribution in [1.82, 2.24) is 14.9 Å². The molecule has 148 valence electrons. The molecule has 4 aliphatic rings. The van der Waals surface area contributed by atoms with Gasteiger partial charge in [-0.1, -0.05) is 12.1 Å². The lowest BCUT2D eigenvalue weighted by molar-refractivity contribution is -0.171. The van der Waals surface area contributed by atoms with Crippen molar-refractivity contribution in [3.8, 4) is 0 Å². The SMILES string of the molecule is CN(Cc1nc2ccccc2c(=O)[nH]1)C(=O)CC12CC3CC(CC(O)(C3)C1)C2. The number of rotatable bonds is 4. The number of H-pyrrole nitrogens is 1. The maximum Gasteiger partial charge on any atom is 0.258 e. The van der Waals surface area contributed by atoms with E-state index in [-0.39, 0.29) is 23.4 Å². The number of amides is 1. The summed E-state index contributed by atoms with van der Waals surface area (Å²) in [6.45, 7) is 0.284. The van der Waals surface area contributed by atoms with Gasteiger partial charge in [-0.2, -0.15) is 0 Å². The van der Waals surface area contributed by atoms with Gasteiger partial charge in [-0.3, -0.25) is 9.59 Å². The molecular formula is C22H27N3O3. The summed E-state index contributed by atoms with van der Waals surface area (Å²) >= 11 is 0. The molecule has 0 radical (unpaired) electrons. The van der Waals surface area contributed by atoms with Crippen LogP contribution in [-0.2, 0) is 11.3 Å². The predicted molar refractivity (Wildman–Crippen MR) is 106 cm³/mol. The first-order valence-electron chi connectivity index (χ1n) is 10.3. The lowest BCUT2D eigenvalue weighted by Gasteiger charge is -2.60. The van der Waals surface area contributed by atoms with Gasteiger partial charge in [0.2, 0.25) is 5.91 Å². The van der Waals surface area contributed by atoms with Crippen LogP contribution in [0.15, 0.2) is 29.1 Å². The highest BCUT2D eigenvalue weighted by atomic mass is 16.3. The van der Waals surface area contributed by atoms with Crippen LogP contribution in [0.3, 0.4) is 0 Å².